The van der Waals surface area contributed by atoms with Crippen LogP contribution in [0.5, 0.6) is 0 Å². The zero-order valence-corrected chi connectivity index (χ0v) is 3.66. The molecule has 0 bridgehead atoms. The van der Waals surface area contributed by atoms with Crippen LogP contribution < -0.4 is 11.3 Å². The van der Waals surface area contributed by atoms with Gasteiger partial charge < -0.3 is 5.84 Å². The molecule has 0 aliphatic heterocycles. The fourth-order valence-electron chi connectivity index (χ4n) is 0.0844. The van der Waals surface area contributed by atoms with Crippen LogP contribution in [0.15, 0.2) is 23.3 Å². The molecule has 0 radical (unpaired) electrons. The third kappa shape index (κ3) is 4.74. The largest absolute Gasteiger partial charge is 0.302 e. The monoisotopic (exact) mass is 102 g/mol. The third-order valence-corrected chi connectivity index (χ3v) is 0.224. The van der Waals surface area contributed by atoms with Crippen molar-refractivity contribution in [2.45, 2.75) is 0 Å². The summed E-state index contributed by atoms with van der Waals surface area (Å²) in [6, 6.07) is 0. The van der Waals surface area contributed by atoms with Crippen LogP contribution in [-0.4, -0.2) is 0 Å². The first kappa shape index (κ1) is 5.74. The molecule has 5 heteroatoms. The average molecular weight is 102 g/mol. The van der Waals surface area contributed by atoms with Gasteiger partial charge in [0.2, 0.25) is 0 Å². The van der Waals surface area contributed by atoms with E-state index in [0.717, 1.165) is 0 Å². The number of nitrogens with one attached hydrogen (secondary N) is 1. The molecule has 3 N–H and O–H groups in total. The van der Waals surface area contributed by atoms with Gasteiger partial charge >= 0.3 is 0 Å². The van der Waals surface area contributed by atoms with Gasteiger partial charge in [0.15, 0.2) is 0 Å². The second-order valence-corrected chi connectivity index (χ2v) is 0.610. The van der Waals surface area contributed by atoms with E-state index >= 15 is 0 Å². The first-order valence-electron chi connectivity index (χ1n) is 1.54. The Morgan fingerprint density at radius 2 is 2.57 bits per heavy atom. The summed E-state index contributed by atoms with van der Waals surface area (Å²) in [5.41, 5.74) is 2.17. The highest BCUT2D eigenvalue weighted by Crippen LogP contribution is 1.64. The summed E-state index contributed by atoms with van der Waals surface area (Å²) in [6.07, 6.45) is 1.30. The van der Waals surface area contributed by atoms with Crippen molar-refractivity contribution in [3.05, 3.63) is 12.8 Å². The normalized spacial score (nSPS) is 8.57. The van der Waals surface area contributed by atoms with Crippen molar-refractivity contribution in [2.75, 3.05) is 0 Å². The van der Waals surface area contributed by atoms with Crippen molar-refractivity contribution in [3.8, 4) is 0 Å². The van der Waals surface area contributed by atoms with Gasteiger partial charge in [0.05, 0.1) is 5.28 Å². The van der Waals surface area contributed by atoms with Crippen molar-refractivity contribution in [2.24, 2.45) is 16.3 Å². The molecule has 0 amide bonds. The van der Waals surface area contributed by atoms with Crippen molar-refractivity contribution < 1.29 is 4.94 Å². The van der Waals surface area contributed by atoms with Gasteiger partial charge in [0.1, 0.15) is 0 Å². The van der Waals surface area contributed by atoms with Crippen LogP contribution in [0.1, 0.15) is 0 Å². The van der Waals surface area contributed by atoms with E-state index in [1.165, 1.54) is 6.20 Å². The SMILES string of the molecule is C=CNON=NN. The zero-order chi connectivity index (χ0) is 5.54. The molecule has 40 valence electrons. The first-order valence-corrected chi connectivity index (χ1v) is 1.54. The predicted molar refractivity (Wildman–Crippen MR) is 23.5 cm³/mol. The summed E-state index contributed by atoms with van der Waals surface area (Å²) in [5, 5.41) is 5.65. The summed E-state index contributed by atoms with van der Waals surface area (Å²) < 4.78 is 0. The Labute approximate surface area is 40.7 Å². The maximum absolute atomic E-state index is 4.53. The highest BCUT2D eigenvalue weighted by Gasteiger charge is 1.62. The Morgan fingerprint density at radius 1 is 1.86 bits per heavy atom. The number of rotatable bonds is 3. The molecule has 0 aromatic rings. The van der Waals surface area contributed by atoms with Crippen molar-refractivity contribution in [1.82, 2.24) is 5.48 Å². The minimum Gasteiger partial charge on any atom is -0.302 e. The number of nitrogens with two attached hydrogens (primary N) is 1. The maximum Gasteiger partial charge on any atom is 0.0740 e. The van der Waals surface area contributed by atoms with E-state index in [1.807, 2.05) is 0 Å². The van der Waals surface area contributed by atoms with Crippen LogP contribution >= 0.6 is 0 Å². The quantitative estimate of drug-likeness (QED) is 0.226. The van der Waals surface area contributed by atoms with Crippen LogP contribution in [0.4, 0.5) is 0 Å². The molecule has 0 atom stereocenters. The molecule has 0 saturated heterocycles. The van der Waals surface area contributed by atoms with E-state index in [2.05, 4.69) is 33.3 Å². The van der Waals surface area contributed by atoms with Gasteiger partial charge in [-0.05, 0) is 5.22 Å². The Bertz CT molecular complexity index is 70.1. The molecule has 0 unspecified atom stereocenters. The number of hydrogen-bond acceptors (Lipinski definition) is 4. The molecule has 0 spiro atoms. The van der Waals surface area contributed by atoms with Crippen molar-refractivity contribution in [1.29, 1.82) is 0 Å². The van der Waals surface area contributed by atoms with E-state index in [0.29, 0.717) is 0 Å². The highest BCUT2D eigenvalue weighted by atomic mass is 16.8. The van der Waals surface area contributed by atoms with Crippen molar-refractivity contribution in [3.63, 3.8) is 0 Å². The fourth-order valence-corrected chi connectivity index (χ4v) is 0.0844. The van der Waals surface area contributed by atoms with E-state index < -0.39 is 0 Å². The van der Waals surface area contributed by atoms with Crippen LogP contribution in [0.2, 0.25) is 0 Å². The number of hydroxylamine groups is 1. The van der Waals surface area contributed by atoms with Gasteiger partial charge in [0.25, 0.3) is 0 Å². The lowest BCUT2D eigenvalue weighted by molar-refractivity contribution is 0.0593. The molecule has 0 heterocycles. The summed E-state index contributed by atoms with van der Waals surface area (Å²) in [7, 11) is 0. The second-order valence-electron chi connectivity index (χ2n) is 0.610. The van der Waals surface area contributed by atoms with Crippen LogP contribution in [-0.2, 0) is 4.94 Å². The molecule has 0 saturated carbocycles. The van der Waals surface area contributed by atoms with Gasteiger partial charge in [-0.3, -0.25) is 0 Å². The smallest absolute Gasteiger partial charge is 0.0740 e. The minimum absolute atomic E-state index is 1.30. The molecule has 7 heavy (non-hydrogen) atoms. The van der Waals surface area contributed by atoms with Crippen LogP contribution in [0, 0.1) is 0 Å². The molecule has 0 aromatic carbocycles. The lowest BCUT2D eigenvalue weighted by Crippen LogP contribution is -1.98. The molecular formula is C2H6N4O. The van der Waals surface area contributed by atoms with Gasteiger partial charge in [-0.1, -0.05) is 6.58 Å². The Morgan fingerprint density at radius 3 is 3.00 bits per heavy atom. The Balaban J connectivity index is 2.82. The summed E-state index contributed by atoms with van der Waals surface area (Å²) in [4.78, 5) is 4.10. The maximum atomic E-state index is 4.53. The van der Waals surface area contributed by atoms with Crippen LogP contribution in [0.3, 0.4) is 0 Å². The third-order valence-electron chi connectivity index (χ3n) is 0.224. The Kier molecular flexibility index (Phi) is 3.89. The van der Waals surface area contributed by atoms with Gasteiger partial charge in [0, 0.05) is 6.20 Å². The molecule has 0 rings (SSSR count). The minimum atomic E-state index is 1.30. The van der Waals surface area contributed by atoms with Gasteiger partial charge in [-0.2, -0.15) is 0 Å². The van der Waals surface area contributed by atoms with Gasteiger partial charge in [-0.25, -0.2) is 10.4 Å². The van der Waals surface area contributed by atoms with Gasteiger partial charge in [-0.15, -0.1) is 0 Å². The summed E-state index contributed by atoms with van der Waals surface area (Å²) in [5.74, 6) is 4.53. The molecule has 0 aliphatic rings. The molecule has 5 nitrogen and oxygen atoms in total. The highest BCUT2D eigenvalue weighted by molar-refractivity contribution is 4.52. The topological polar surface area (TPSA) is 72.0 Å². The van der Waals surface area contributed by atoms with E-state index in [-0.39, 0.29) is 0 Å². The van der Waals surface area contributed by atoms with E-state index in [4.69, 9.17) is 0 Å². The summed E-state index contributed by atoms with van der Waals surface area (Å²) >= 11 is 0. The second kappa shape index (κ2) is 4.74. The molecule has 0 fully saturated rings. The zero-order valence-electron chi connectivity index (χ0n) is 3.66. The van der Waals surface area contributed by atoms with Crippen LogP contribution in [0.25, 0.3) is 0 Å². The summed E-state index contributed by atoms with van der Waals surface area (Å²) in [6.45, 7) is 3.25. The fraction of sp³-hybridized carbons (Fsp3) is 0. The number of hydrogen-bond donors (Lipinski definition) is 2. The van der Waals surface area contributed by atoms with E-state index in [9.17, 15) is 0 Å². The standard InChI is InChI=1S/C2H6N4O/c1-2-4-7-6-5-3/h2,4H,1H2,(H2,3,6). The number of nitrogens with zero attached hydrogens (tertiary/aromatic N) is 2. The molecule has 0 aliphatic carbocycles. The Hall–Kier alpha value is -1.26. The molecule has 0 aromatic heterocycles. The lowest BCUT2D eigenvalue weighted by Gasteiger charge is -1.86. The first-order chi connectivity index (χ1) is 3.41. The predicted octanol–water partition coefficient (Wildman–Crippen LogP) is -0.108. The van der Waals surface area contributed by atoms with E-state index in [1.54, 1.807) is 0 Å². The lowest BCUT2D eigenvalue weighted by atomic mass is 11.1. The average Bonchev–Trinajstić information content (AvgIpc) is 1.69. The molecular weight excluding hydrogens is 96.0 g/mol. The van der Waals surface area contributed by atoms with Crippen molar-refractivity contribution >= 4 is 0 Å².